The van der Waals surface area contributed by atoms with Gasteiger partial charge in [0.25, 0.3) is 0 Å². The number of rotatable bonds is 8. The molecular weight excluding hydrogens is 186 g/mol. The fourth-order valence-electron chi connectivity index (χ4n) is 1.66. The number of unbranched alkanes of at least 4 members (excludes halogenated alkanes) is 3. The standard InChI is InChI=1S/C12H23N3/c1-3-5-6-7-8-15-11-14-10-12(15)9-13-4-2/h10-11,13H,3-9H2,1-2H3. The van der Waals surface area contributed by atoms with E-state index in [9.17, 15) is 0 Å². The van der Waals surface area contributed by atoms with Gasteiger partial charge in [0, 0.05) is 19.3 Å². The highest BCUT2D eigenvalue weighted by molar-refractivity contribution is 4.97. The number of hydrogen-bond donors (Lipinski definition) is 1. The summed E-state index contributed by atoms with van der Waals surface area (Å²) in [5, 5.41) is 3.33. The number of aromatic nitrogens is 2. The Hall–Kier alpha value is -0.830. The van der Waals surface area contributed by atoms with Gasteiger partial charge in [0.1, 0.15) is 0 Å². The van der Waals surface area contributed by atoms with Gasteiger partial charge >= 0.3 is 0 Å². The van der Waals surface area contributed by atoms with Gasteiger partial charge in [-0.2, -0.15) is 0 Å². The van der Waals surface area contributed by atoms with Gasteiger partial charge in [-0.3, -0.25) is 0 Å². The lowest BCUT2D eigenvalue weighted by Gasteiger charge is -2.07. The van der Waals surface area contributed by atoms with Crippen molar-refractivity contribution >= 4 is 0 Å². The van der Waals surface area contributed by atoms with Gasteiger partial charge in [-0.15, -0.1) is 0 Å². The van der Waals surface area contributed by atoms with Crippen LogP contribution >= 0.6 is 0 Å². The quantitative estimate of drug-likeness (QED) is 0.667. The highest BCUT2D eigenvalue weighted by atomic mass is 15.1. The lowest BCUT2D eigenvalue weighted by molar-refractivity contribution is 0.556. The molecule has 0 aromatic carbocycles. The molecule has 0 bridgehead atoms. The first-order valence-electron chi connectivity index (χ1n) is 6.08. The van der Waals surface area contributed by atoms with Crippen molar-refractivity contribution in [3.8, 4) is 0 Å². The van der Waals surface area contributed by atoms with E-state index < -0.39 is 0 Å². The Morgan fingerprint density at radius 2 is 2.13 bits per heavy atom. The third kappa shape index (κ3) is 4.47. The molecule has 1 N–H and O–H groups in total. The van der Waals surface area contributed by atoms with Crippen molar-refractivity contribution < 1.29 is 0 Å². The van der Waals surface area contributed by atoms with Crippen molar-refractivity contribution in [2.45, 2.75) is 52.6 Å². The fraction of sp³-hybridized carbons (Fsp3) is 0.750. The van der Waals surface area contributed by atoms with E-state index in [-0.39, 0.29) is 0 Å². The first-order chi connectivity index (χ1) is 7.38. The molecule has 1 rings (SSSR count). The maximum Gasteiger partial charge on any atom is 0.0948 e. The molecular formula is C12H23N3. The summed E-state index contributed by atoms with van der Waals surface area (Å²) >= 11 is 0. The predicted molar refractivity (Wildman–Crippen MR) is 63.7 cm³/mol. The monoisotopic (exact) mass is 209 g/mol. The molecule has 3 heteroatoms. The highest BCUT2D eigenvalue weighted by Gasteiger charge is 2.00. The molecule has 1 aromatic rings. The second-order valence-electron chi connectivity index (χ2n) is 3.92. The van der Waals surface area contributed by atoms with E-state index >= 15 is 0 Å². The second kappa shape index (κ2) is 7.46. The zero-order valence-corrected chi connectivity index (χ0v) is 10.00. The van der Waals surface area contributed by atoms with Gasteiger partial charge in [-0.1, -0.05) is 33.1 Å². The van der Waals surface area contributed by atoms with Crippen LogP contribution in [-0.4, -0.2) is 16.1 Å². The van der Waals surface area contributed by atoms with Crippen LogP contribution in [-0.2, 0) is 13.1 Å². The molecule has 0 aliphatic rings. The SMILES string of the molecule is CCCCCCn1cncc1CNCC. The van der Waals surface area contributed by atoms with Crippen molar-refractivity contribution in [3.05, 3.63) is 18.2 Å². The summed E-state index contributed by atoms with van der Waals surface area (Å²) in [6, 6.07) is 0. The summed E-state index contributed by atoms with van der Waals surface area (Å²) in [7, 11) is 0. The maximum atomic E-state index is 4.20. The molecule has 1 heterocycles. The second-order valence-corrected chi connectivity index (χ2v) is 3.92. The van der Waals surface area contributed by atoms with Gasteiger partial charge in [0.15, 0.2) is 0 Å². The zero-order chi connectivity index (χ0) is 10.9. The van der Waals surface area contributed by atoms with Gasteiger partial charge in [-0.25, -0.2) is 4.98 Å². The van der Waals surface area contributed by atoms with Crippen LogP contribution in [0.4, 0.5) is 0 Å². The smallest absolute Gasteiger partial charge is 0.0948 e. The Bertz CT molecular complexity index is 255. The van der Waals surface area contributed by atoms with Gasteiger partial charge in [0.2, 0.25) is 0 Å². The largest absolute Gasteiger partial charge is 0.333 e. The summed E-state index contributed by atoms with van der Waals surface area (Å²) in [4.78, 5) is 4.20. The van der Waals surface area contributed by atoms with E-state index in [1.807, 2.05) is 12.5 Å². The molecule has 0 saturated carbocycles. The summed E-state index contributed by atoms with van der Waals surface area (Å²) in [5.74, 6) is 0. The molecule has 1 aromatic heterocycles. The number of nitrogens with one attached hydrogen (secondary N) is 1. The van der Waals surface area contributed by atoms with E-state index in [1.165, 1.54) is 31.4 Å². The summed E-state index contributed by atoms with van der Waals surface area (Å²) in [5.41, 5.74) is 1.30. The van der Waals surface area contributed by atoms with Gasteiger partial charge < -0.3 is 9.88 Å². The Labute approximate surface area is 92.9 Å². The minimum absolute atomic E-state index is 0.935. The van der Waals surface area contributed by atoms with E-state index in [0.717, 1.165) is 19.6 Å². The topological polar surface area (TPSA) is 29.9 Å². The Kier molecular flexibility index (Phi) is 6.09. The first kappa shape index (κ1) is 12.2. The summed E-state index contributed by atoms with van der Waals surface area (Å²) in [6.07, 6.45) is 9.14. The molecule has 15 heavy (non-hydrogen) atoms. The molecule has 0 aliphatic heterocycles. The number of hydrogen-bond acceptors (Lipinski definition) is 2. The minimum atomic E-state index is 0.935. The van der Waals surface area contributed by atoms with Crippen LogP contribution in [0.5, 0.6) is 0 Å². The molecule has 0 atom stereocenters. The van der Waals surface area contributed by atoms with Crippen LogP contribution in [0.25, 0.3) is 0 Å². The normalized spacial score (nSPS) is 10.8. The van der Waals surface area contributed by atoms with Crippen LogP contribution in [0.3, 0.4) is 0 Å². The molecule has 0 unspecified atom stereocenters. The van der Waals surface area contributed by atoms with E-state index in [1.54, 1.807) is 0 Å². The van der Waals surface area contributed by atoms with E-state index in [0.29, 0.717) is 0 Å². The van der Waals surface area contributed by atoms with Crippen LogP contribution in [0.1, 0.15) is 45.2 Å². The predicted octanol–water partition coefficient (Wildman–Crippen LogP) is 2.57. The first-order valence-corrected chi connectivity index (χ1v) is 6.08. The van der Waals surface area contributed by atoms with Crippen LogP contribution in [0.2, 0.25) is 0 Å². The molecule has 0 aliphatic carbocycles. The van der Waals surface area contributed by atoms with Crippen LogP contribution < -0.4 is 5.32 Å². The van der Waals surface area contributed by atoms with Gasteiger partial charge in [-0.05, 0) is 13.0 Å². The molecule has 0 spiro atoms. The molecule has 0 amide bonds. The Morgan fingerprint density at radius 3 is 2.87 bits per heavy atom. The molecule has 86 valence electrons. The average molecular weight is 209 g/mol. The highest BCUT2D eigenvalue weighted by Crippen LogP contribution is 2.05. The third-order valence-electron chi connectivity index (χ3n) is 2.61. The molecule has 0 radical (unpaired) electrons. The third-order valence-corrected chi connectivity index (χ3v) is 2.61. The van der Waals surface area contributed by atoms with Gasteiger partial charge in [0.05, 0.1) is 12.0 Å². The number of aryl methyl sites for hydroxylation is 1. The van der Waals surface area contributed by atoms with E-state index in [4.69, 9.17) is 0 Å². The number of nitrogens with zero attached hydrogens (tertiary/aromatic N) is 2. The van der Waals surface area contributed by atoms with Crippen molar-refractivity contribution in [3.63, 3.8) is 0 Å². The average Bonchev–Trinajstić information content (AvgIpc) is 2.69. The lowest BCUT2D eigenvalue weighted by atomic mass is 10.2. The van der Waals surface area contributed by atoms with E-state index in [2.05, 4.69) is 28.7 Å². The molecule has 0 fully saturated rings. The Morgan fingerprint density at radius 1 is 1.27 bits per heavy atom. The maximum absolute atomic E-state index is 4.20. The lowest BCUT2D eigenvalue weighted by Crippen LogP contribution is -2.15. The zero-order valence-electron chi connectivity index (χ0n) is 10.00. The van der Waals surface area contributed by atoms with Crippen molar-refractivity contribution in [2.75, 3.05) is 6.54 Å². The molecule has 0 saturated heterocycles. The fourth-order valence-corrected chi connectivity index (χ4v) is 1.66. The Balaban J connectivity index is 2.29. The van der Waals surface area contributed by atoms with Crippen LogP contribution in [0, 0.1) is 0 Å². The summed E-state index contributed by atoms with van der Waals surface area (Å²) < 4.78 is 2.26. The summed E-state index contributed by atoms with van der Waals surface area (Å²) in [6.45, 7) is 7.43. The van der Waals surface area contributed by atoms with Crippen LogP contribution in [0.15, 0.2) is 12.5 Å². The minimum Gasteiger partial charge on any atom is -0.333 e. The van der Waals surface area contributed by atoms with Crippen molar-refractivity contribution in [2.24, 2.45) is 0 Å². The number of imidazole rings is 1. The van der Waals surface area contributed by atoms with Crippen molar-refractivity contribution in [1.82, 2.24) is 14.9 Å². The van der Waals surface area contributed by atoms with Crippen molar-refractivity contribution in [1.29, 1.82) is 0 Å². The molecule has 3 nitrogen and oxygen atoms in total.